The Balaban J connectivity index is 1.70. The Morgan fingerprint density at radius 2 is 1.93 bits per heavy atom. The van der Waals surface area contributed by atoms with Crippen molar-refractivity contribution in [1.82, 2.24) is 20.5 Å². The number of nitrogens with one attached hydrogen (secondary N) is 2. The van der Waals surface area contributed by atoms with Crippen molar-refractivity contribution in [3.63, 3.8) is 0 Å². The van der Waals surface area contributed by atoms with Crippen LogP contribution >= 0.6 is 0 Å². The van der Waals surface area contributed by atoms with Gasteiger partial charge in [-0.2, -0.15) is 0 Å². The Kier molecular flexibility index (Phi) is 7.95. The predicted octanol–water partition coefficient (Wildman–Crippen LogP) is 2.66. The van der Waals surface area contributed by atoms with Gasteiger partial charge in [0, 0.05) is 31.9 Å². The van der Waals surface area contributed by atoms with E-state index in [-0.39, 0.29) is 11.9 Å². The zero-order valence-electron chi connectivity index (χ0n) is 17.2. The van der Waals surface area contributed by atoms with Gasteiger partial charge in [-0.15, -0.1) is 0 Å². The first-order valence-corrected chi connectivity index (χ1v) is 10.2. The van der Waals surface area contributed by atoms with Crippen molar-refractivity contribution in [2.75, 3.05) is 39.4 Å². The highest BCUT2D eigenvalue weighted by atomic mass is 19.1. The van der Waals surface area contributed by atoms with Crippen molar-refractivity contribution < 1.29 is 9.13 Å². The molecule has 1 fully saturated rings. The SMILES string of the molecule is CCNC(=NCc1cccc(C)n1)NCC(c1ccc(F)cc1)N1CCOCC1. The van der Waals surface area contributed by atoms with E-state index in [1.807, 2.05) is 44.2 Å². The van der Waals surface area contributed by atoms with Crippen molar-refractivity contribution in [3.8, 4) is 0 Å². The first-order chi connectivity index (χ1) is 14.2. The molecule has 2 aromatic rings. The summed E-state index contributed by atoms with van der Waals surface area (Å²) >= 11 is 0. The van der Waals surface area contributed by atoms with Crippen molar-refractivity contribution in [1.29, 1.82) is 0 Å². The molecule has 0 radical (unpaired) electrons. The molecule has 156 valence electrons. The van der Waals surface area contributed by atoms with Gasteiger partial charge < -0.3 is 15.4 Å². The lowest BCUT2D eigenvalue weighted by molar-refractivity contribution is 0.0170. The number of aryl methyl sites for hydroxylation is 1. The third-order valence-electron chi connectivity index (χ3n) is 4.89. The number of nitrogens with zero attached hydrogens (tertiary/aromatic N) is 3. The number of ether oxygens (including phenoxy) is 1. The van der Waals surface area contributed by atoms with E-state index in [1.165, 1.54) is 12.1 Å². The molecule has 1 unspecified atom stereocenters. The maximum atomic E-state index is 13.4. The van der Waals surface area contributed by atoms with E-state index < -0.39 is 0 Å². The number of aromatic nitrogens is 1. The summed E-state index contributed by atoms with van der Waals surface area (Å²) in [5.41, 5.74) is 3.00. The number of morpholine rings is 1. The van der Waals surface area contributed by atoms with Crippen molar-refractivity contribution >= 4 is 5.96 Å². The van der Waals surface area contributed by atoms with E-state index in [1.54, 1.807) is 0 Å². The molecule has 0 saturated carbocycles. The van der Waals surface area contributed by atoms with Gasteiger partial charge in [-0.3, -0.25) is 9.88 Å². The zero-order valence-corrected chi connectivity index (χ0v) is 17.2. The van der Waals surface area contributed by atoms with Gasteiger partial charge >= 0.3 is 0 Å². The van der Waals surface area contributed by atoms with E-state index in [0.717, 1.165) is 42.5 Å². The van der Waals surface area contributed by atoms with Gasteiger partial charge in [-0.05, 0) is 43.7 Å². The van der Waals surface area contributed by atoms with E-state index in [0.29, 0.717) is 26.3 Å². The van der Waals surface area contributed by atoms with Gasteiger partial charge in [-0.1, -0.05) is 18.2 Å². The van der Waals surface area contributed by atoms with Crippen LogP contribution in [0.15, 0.2) is 47.5 Å². The highest BCUT2D eigenvalue weighted by molar-refractivity contribution is 5.79. The third kappa shape index (κ3) is 6.51. The fourth-order valence-electron chi connectivity index (χ4n) is 3.41. The van der Waals surface area contributed by atoms with Gasteiger partial charge in [0.2, 0.25) is 0 Å². The zero-order chi connectivity index (χ0) is 20.5. The van der Waals surface area contributed by atoms with Crippen molar-refractivity contribution in [3.05, 3.63) is 65.2 Å². The second-order valence-electron chi connectivity index (χ2n) is 7.06. The number of hydrogen-bond donors (Lipinski definition) is 2. The van der Waals surface area contributed by atoms with Gasteiger partial charge in [-0.25, -0.2) is 9.38 Å². The lowest BCUT2D eigenvalue weighted by Crippen LogP contribution is -2.46. The first-order valence-electron chi connectivity index (χ1n) is 10.2. The molecule has 0 spiro atoms. The van der Waals surface area contributed by atoms with Crippen LogP contribution in [0.3, 0.4) is 0 Å². The largest absolute Gasteiger partial charge is 0.379 e. The van der Waals surface area contributed by atoms with Gasteiger partial charge in [0.15, 0.2) is 5.96 Å². The lowest BCUT2D eigenvalue weighted by atomic mass is 10.0. The Hall–Kier alpha value is -2.51. The van der Waals surface area contributed by atoms with Crippen molar-refractivity contribution in [2.24, 2.45) is 4.99 Å². The molecule has 1 saturated heterocycles. The van der Waals surface area contributed by atoms with Crippen LogP contribution in [0.25, 0.3) is 0 Å². The minimum atomic E-state index is -0.219. The second-order valence-corrected chi connectivity index (χ2v) is 7.06. The predicted molar refractivity (Wildman–Crippen MR) is 113 cm³/mol. The summed E-state index contributed by atoms with van der Waals surface area (Å²) < 4.78 is 18.9. The normalized spacial score (nSPS) is 16.4. The quantitative estimate of drug-likeness (QED) is 0.554. The minimum absolute atomic E-state index is 0.112. The number of rotatable bonds is 7. The molecule has 0 aliphatic carbocycles. The number of halogens is 1. The molecule has 1 aliphatic heterocycles. The Morgan fingerprint density at radius 3 is 2.62 bits per heavy atom. The third-order valence-corrected chi connectivity index (χ3v) is 4.89. The molecule has 0 bridgehead atoms. The number of aliphatic imine (C=N–C) groups is 1. The summed E-state index contributed by atoms with van der Waals surface area (Å²) in [6.45, 7) is 9.10. The molecule has 2 heterocycles. The van der Waals surface area contributed by atoms with Crippen LogP contribution < -0.4 is 10.6 Å². The average Bonchev–Trinajstić information content (AvgIpc) is 2.74. The molecule has 1 atom stereocenters. The first kappa shape index (κ1) is 21.2. The lowest BCUT2D eigenvalue weighted by Gasteiger charge is -2.35. The molecular weight excluding hydrogens is 369 g/mol. The molecule has 6 nitrogen and oxygen atoms in total. The monoisotopic (exact) mass is 399 g/mol. The average molecular weight is 400 g/mol. The van der Waals surface area contributed by atoms with Crippen LogP contribution in [0, 0.1) is 12.7 Å². The summed E-state index contributed by atoms with van der Waals surface area (Å²) in [6.07, 6.45) is 0. The topological polar surface area (TPSA) is 61.8 Å². The number of hydrogen-bond acceptors (Lipinski definition) is 4. The highest BCUT2D eigenvalue weighted by Crippen LogP contribution is 2.21. The molecule has 2 N–H and O–H groups in total. The van der Waals surface area contributed by atoms with Crippen LogP contribution in [0.1, 0.15) is 29.9 Å². The van der Waals surface area contributed by atoms with Crippen LogP contribution in [-0.2, 0) is 11.3 Å². The number of benzene rings is 1. The molecule has 1 aromatic heterocycles. The molecule has 7 heteroatoms. The second kappa shape index (κ2) is 10.9. The molecule has 0 amide bonds. The summed E-state index contributed by atoms with van der Waals surface area (Å²) in [5, 5.41) is 6.75. The van der Waals surface area contributed by atoms with Crippen LogP contribution in [-0.4, -0.2) is 55.2 Å². The van der Waals surface area contributed by atoms with Gasteiger partial charge in [0.05, 0.1) is 31.5 Å². The molecule has 3 rings (SSSR count). The van der Waals surface area contributed by atoms with Gasteiger partial charge in [0.25, 0.3) is 0 Å². The summed E-state index contributed by atoms with van der Waals surface area (Å²) in [4.78, 5) is 11.6. The molecule has 29 heavy (non-hydrogen) atoms. The Morgan fingerprint density at radius 1 is 1.17 bits per heavy atom. The minimum Gasteiger partial charge on any atom is -0.379 e. The van der Waals surface area contributed by atoms with Crippen LogP contribution in [0.5, 0.6) is 0 Å². The number of guanidine groups is 1. The Labute approximate surface area is 172 Å². The summed E-state index contributed by atoms with van der Waals surface area (Å²) in [5.74, 6) is 0.527. The standard InChI is InChI=1S/C22H30FN5O/c1-3-24-22(25-15-20-6-4-5-17(2)27-20)26-16-21(28-11-13-29-14-12-28)18-7-9-19(23)10-8-18/h4-10,21H,3,11-16H2,1-2H3,(H2,24,25,26). The fraction of sp³-hybridized carbons (Fsp3) is 0.455. The number of pyridine rings is 1. The smallest absolute Gasteiger partial charge is 0.191 e. The maximum Gasteiger partial charge on any atom is 0.191 e. The molecular formula is C22H30FN5O. The van der Waals surface area contributed by atoms with E-state index in [2.05, 4.69) is 25.5 Å². The van der Waals surface area contributed by atoms with Crippen LogP contribution in [0.2, 0.25) is 0 Å². The highest BCUT2D eigenvalue weighted by Gasteiger charge is 2.23. The summed E-state index contributed by atoms with van der Waals surface area (Å²) in [7, 11) is 0. The van der Waals surface area contributed by atoms with E-state index in [9.17, 15) is 4.39 Å². The fourth-order valence-corrected chi connectivity index (χ4v) is 3.41. The van der Waals surface area contributed by atoms with E-state index >= 15 is 0 Å². The van der Waals surface area contributed by atoms with E-state index in [4.69, 9.17) is 4.74 Å². The summed E-state index contributed by atoms with van der Waals surface area (Å²) in [6, 6.07) is 12.8. The van der Waals surface area contributed by atoms with Crippen LogP contribution in [0.4, 0.5) is 4.39 Å². The maximum absolute atomic E-state index is 13.4. The van der Waals surface area contributed by atoms with Crippen molar-refractivity contribution in [2.45, 2.75) is 26.4 Å². The molecule has 1 aliphatic rings. The van der Waals surface area contributed by atoms with Gasteiger partial charge in [0.1, 0.15) is 5.82 Å². The molecule has 1 aromatic carbocycles. The Bertz CT molecular complexity index is 790.